The van der Waals surface area contributed by atoms with Gasteiger partial charge in [0.05, 0.1) is 0 Å². The fourth-order valence-corrected chi connectivity index (χ4v) is 4.96. The Balaban J connectivity index is 2.01. The van der Waals surface area contributed by atoms with Crippen LogP contribution in [0, 0.1) is 0 Å². The van der Waals surface area contributed by atoms with Crippen LogP contribution in [0.2, 0.25) is 0 Å². The molecule has 0 radical (unpaired) electrons. The number of aliphatic hydroxyl groups excluding tert-OH is 1. The highest BCUT2D eigenvalue weighted by Gasteiger charge is 2.31. The maximum atomic E-state index is 9.14. The van der Waals surface area contributed by atoms with Crippen molar-refractivity contribution in [3.05, 3.63) is 35.9 Å². The van der Waals surface area contributed by atoms with Crippen molar-refractivity contribution < 1.29 is 5.11 Å². The molecule has 2 N–H and O–H groups in total. The standard InChI is InChI=1S/C18H29NOS/c1-3-19-17-10-9-16(15-7-5-4-6-8-15)13-18(17)21-14(2)11-12-20/h4-8,14,16-20H,3,9-13H2,1-2H3. The van der Waals surface area contributed by atoms with Crippen LogP contribution in [-0.2, 0) is 0 Å². The molecule has 0 aliphatic heterocycles. The Bertz CT molecular complexity index is 397. The van der Waals surface area contributed by atoms with Crippen LogP contribution in [0.5, 0.6) is 0 Å². The number of thioether (sulfide) groups is 1. The molecule has 4 unspecified atom stereocenters. The fraction of sp³-hybridized carbons (Fsp3) is 0.667. The number of aliphatic hydroxyl groups is 1. The van der Waals surface area contributed by atoms with Crippen LogP contribution in [0.4, 0.5) is 0 Å². The third-order valence-electron chi connectivity index (χ3n) is 4.47. The normalized spacial score (nSPS) is 27.5. The Morgan fingerprint density at radius 3 is 2.71 bits per heavy atom. The lowest BCUT2D eigenvalue weighted by Crippen LogP contribution is -2.42. The van der Waals surface area contributed by atoms with Crippen molar-refractivity contribution in [2.75, 3.05) is 13.2 Å². The van der Waals surface area contributed by atoms with Crippen molar-refractivity contribution in [1.82, 2.24) is 5.32 Å². The van der Waals surface area contributed by atoms with Gasteiger partial charge in [-0.2, -0.15) is 11.8 Å². The van der Waals surface area contributed by atoms with E-state index in [9.17, 15) is 0 Å². The van der Waals surface area contributed by atoms with Gasteiger partial charge in [-0.3, -0.25) is 0 Å². The zero-order valence-corrected chi connectivity index (χ0v) is 14.1. The van der Waals surface area contributed by atoms with E-state index >= 15 is 0 Å². The van der Waals surface area contributed by atoms with Gasteiger partial charge in [0, 0.05) is 23.1 Å². The van der Waals surface area contributed by atoms with Gasteiger partial charge in [-0.05, 0) is 43.7 Å². The minimum absolute atomic E-state index is 0.300. The molecule has 0 spiro atoms. The summed E-state index contributed by atoms with van der Waals surface area (Å²) in [7, 11) is 0. The summed E-state index contributed by atoms with van der Waals surface area (Å²) in [5, 5.41) is 14.0. The number of benzene rings is 1. The molecule has 4 atom stereocenters. The van der Waals surface area contributed by atoms with Crippen LogP contribution in [0.15, 0.2) is 30.3 Å². The molecule has 1 aliphatic carbocycles. The van der Waals surface area contributed by atoms with Crippen molar-refractivity contribution in [3.8, 4) is 0 Å². The van der Waals surface area contributed by atoms with Gasteiger partial charge in [-0.15, -0.1) is 0 Å². The lowest BCUT2D eigenvalue weighted by molar-refractivity contribution is 0.288. The van der Waals surface area contributed by atoms with Crippen molar-refractivity contribution >= 4 is 11.8 Å². The molecule has 1 fully saturated rings. The van der Waals surface area contributed by atoms with Gasteiger partial charge >= 0.3 is 0 Å². The molecule has 1 aromatic carbocycles. The lowest BCUT2D eigenvalue weighted by Gasteiger charge is -2.37. The molecule has 1 aromatic rings. The molecule has 0 aromatic heterocycles. The molecule has 118 valence electrons. The van der Waals surface area contributed by atoms with Crippen molar-refractivity contribution in [3.63, 3.8) is 0 Å². The van der Waals surface area contributed by atoms with E-state index in [0.717, 1.165) is 13.0 Å². The largest absolute Gasteiger partial charge is 0.396 e. The monoisotopic (exact) mass is 307 g/mol. The van der Waals surface area contributed by atoms with Crippen LogP contribution in [0.25, 0.3) is 0 Å². The van der Waals surface area contributed by atoms with Gasteiger partial charge in [0.2, 0.25) is 0 Å². The van der Waals surface area contributed by atoms with Gasteiger partial charge in [0.15, 0.2) is 0 Å². The Labute approximate surface area is 133 Å². The second kappa shape index (κ2) is 8.82. The van der Waals surface area contributed by atoms with Crippen LogP contribution in [0.3, 0.4) is 0 Å². The summed E-state index contributed by atoms with van der Waals surface area (Å²) in [5.74, 6) is 0.694. The van der Waals surface area contributed by atoms with E-state index in [1.54, 1.807) is 0 Å². The van der Waals surface area contributed by atoms with Gasteiger partial charge in [-0.1, -0.05) is 44.2 Å². The Morgan fingerprint density at radius 1 is 1.29 bits per heavy atom. The Morgan fingerprint density at radius 2 is 2.05 bits per heavy atom. The van der Waals surface area contributed by atoms with Gasteiger partial charge < -0.3 is 10.4 Å². The molecular weight excluding hydrogens is 278 g/mol. The number of hydrogen-bond acceptors (Lipinski definition) is 3. The van der Waals surface area contributed by atoms with E-state index in [4.69, 9.17) is 5.11 Å². The summed E-state index contributed by atoms with van der Waals surface area (Å²) in [6.07, 6.45) is 4.70. The second-order valence-corrected chi connectivity index (χ2v) is 7.76. The van der Waals surface area contributed by atoms with Crippen LogP contribution >= 0.6 is 11.8 Å². The van der Waals surface area contributed by atoms with E-state index in [-0.39, 0.29) is 0 Å². The fourth-order valence-electron chi connectivity index (χ4n) is 3.35. The van der Waals surface area contributed by atoms with E-state index in [1.165, 1.54) is 24.8 Å². The zero-order chi connectivity index (χ0) is 15.1. The minimum Gasteiger partial charge on any atom is -0.396 e. The van der Waals surface area contributed by atoms with E-state index < -0.39 is 0 Å². The topological polar surface area (TPSA) is 32.3 Å². The Hall–Kier alpha value is -0.510. The van der Waals surface area contributed by atoms with Gasteiger partial charge in [-0.25, -0.2) is 0 Å². The predicted molar refractivity (Wildman–Crippen MR) is 93.0 cm³/mol. The molecule has 1 saturated carbocycles. The molecular formula is C18H29NOS. The van der Waals surface area contributed by atoms with Crippen LogP contribution in [0.1, 0.15) is 51.0 Å². The van der Waals surface area contributed by atoms with E-state index in [2.05, 4.69) is 61.3 Å². The first kappa shape index (κ1) is 16.9. The summed E-state index contributed by atoms with van der Waals surface area (Å²) in [4.78, 5) is 0. The second-order valence-electron chi connectivity index (χ2n) is 6.08. The van der Waals surface area contributed by atoms with Crippen LogP contribution < -0.4 is 5.32 Å². The SMILES string of the molecule is CCNC1CCC(c2ccccc2)CC1SC(C)CCO. The maximum Gasteiger partial charge on any atom is 0.0441 e. The predicted octanol–water partition coefficient (Wildman–Crippen LogP) is 3.80. The number of hydrogen-bond donors (Lipinski definition) is 2. The first-order valence-corrected chi connectivity index (χ1v) is 9.23. The molecule has 2 nitrogen and oxygen atoms in total. The summed E-state index contributed by atoms with van der Waals surface area (Å²) >= 11 is 2.07. The smallest absolute Gasteiger partial charge is 0.0441 e. The van der Waals surface area contributed by atoms with Crippen molar-refractivity contribution in [2.45, 2.75) is 62.0 Å². The minimum atomic E-state index is 0.300. The van der Waals surface area contributed by atoms with Gasteiger partial charge in [0.25, 0.3) is 0 Å². The quantitative estimate of drug-likeness (QED) is 0.803. The summed E-state index contributed by atoms with van der Waals surface area (Å²) in [5.41, 5.74) is 1.49. The highest BCUT2D eigenvalue weighted by molar-refractivity contribution is 8.00. The summed E-state index contributed by atoms with van der Waals surface area (Å²) in [6.45, 7) is 5.79. The molecule has 0 amide bonds. The third kappa shape index (κ3) is 5.01. The highest BCUT2D eigenvalue weighted by atomic mass is 32.2. The number of rotatable bonds is 7. The summed E-state index contributed by atoms with van der Waals surface area (Å²) < 4.78 is 0. The number of nitrogens with one attached hydrogen (secondary N) is 1. The Kier molecular flexibility index (Phi) is 7.08. The molecule has 0 bridgehead atoms. The molecule has 1 aliphatic rings. The first-order valence-electron chi connectivity index (χ1n) is 8.29. The third-order valence-corrected chi connectivity index (χ3v) is 6.04. The van der Waals surface area contributed by atoms with E-state index in [1.807, 2.05) is 0 Å². The highest BCUT2D eigenvalue weighted by Crippen LogP contribution is 2.39. The molecule has 2 rings (SSSR count). The average Bonchev–Trinajstić information content (AvgIpc) is 2.50. The van der Waals surface area contributed by atoms with Gasteiger partial charge in [0.1, 0.15) is 0 Å². The molecule has 0 saturated heterocycles. The van der Waals surface area contributed by atoms with E-state index in [0.29, 0.717) is 29.1 Å². The van der Waals surface area contributed by atoms with Crippen molar-refractivity contribution in [2.24, 2.45) is 0 Å². The molecule has 3 heteroatoms. The van der Waals surface area contributed by atoms with Crippen molar-refractivity contribution in [1.29, 1.82) is 0 Å². The zero-order valence-electron chi connectivity index (χ0n) is 13.3. The summed E-state index contributed by atoms with van der Waals surface area (Å²) in [6, 6.07) is 11.6. The average molecular weight is 308 g/mol. The molecule has 0 heterocycles. The van der Waals surface area contributed by atoms with Crippen LogP contribution in [-0.4, -0.2) is 34.8 Å². The molecule has 21 heavy (non-hydrogen) atoms. The maximum absolute atomic E-state index is 9.14. The first-order chi connectivity index (χ1) is 10.2. The lowest BCUT2D eigenvalue weighted by atomic mass is 9.81.